The van der Waals surface area contributed by atoms with Crippen LogP contribution in [-0.4, -0.2) is 57.0 Å². The van der Waals surface area contributed by atoms with E-state index in [1.807, 2.05) is 4.72 Å². The van der Waals surface area contributed by atoms with Gasteiger partial charge in [0.25, 0.3) is 15.9 Å². The Morgan fingerprint density at radius 2 is 1.67 bits per heavy atom. The number of carbonyl (C=O) groups excluding carboxylic acids is 4. The summed E-state index contributed by atoms with van der Waals surface area (Å²) in [4.78, 5) is 51.7. The number of benzene rings is 1. The molecule has 13 heteroatoms. The number of nitrogens with zero attached hydrogens (tertiary/aromatic N) is 1. The van der Waals surface area contributed by atoms with Crippen LogP contribution in [0.2, 0.25) is 0 Å². The van der Waals surface area contributed by atoms with Crippen molar-refractivity contribution in [3.05, 3.63) is 53.7 Å². The van der Waals surface area contributed by atoms with Crippen LogP contribution in [-0.2, 0) is 30.8 Å². The summed E-state index contributed by atoms with van der Waals surface area (Å²) in [5.74, 6) is -1.18. The predicted octanol–water partition coefficient (Wildman–Crippen LogP) is 3.12. The summed E-state index contributed by atoms with van der Waals surface area (Å²) in [5.41, 5.74) is 0.783. The van der Waals surface area contributed by atoms with E-state index in [1.54, 1.807) is 26.0 Å². The largest absolute Gasteiger partial charge is 0.464 e. The van der Waals surface area contributed by atoms with Crippen LogP contribution in [0, 0.1) is 11.8 Å². The van der Waals surface area contributed by atoms with Gasteiger partial charge in [-0.1, -0.05) is 45.2 Å². The first-order chi connectivity index (χ1) is 20.0. The van der Waals surface area contributed by atoms with Crippen molar-refractivity contribution in [2.45, 2.75) is 63.7 Å². The summed E-state index contributed by atoms with van der Waals surface area (Å²) in [6, 6.07) is 8.57. The van der Waals surface area contributed by atoms with E-state index in [9.17, 15) is 27.6 Å². The summed E-state index contributed by atoms with van der Waals surface area (Å²) < 4.78 is 37.3. The van der Waals surface area contributed by atoms with Crippen molar-refractivity contribution >= 4 is 33.9 Å². The van der Waals surface area contributed by atoms with Gasteiger partial charge in [0.2, 0.25) is 11.8 Å². The lowest BCUT2D eigenvalue weighted by Gasteiger charge is -2.20. The third-order valence-electron chi connectivity index (χ3n) is 6.68. The zero-order valence-electron chi connectivity index (χ0n) is 23.9. The first-order valence-corrected chi connectivity index (χ1v) is 15.5. The molecular weight excluding hydrogens is 564 g/mol. The molecule has 42 heavy (non-hydrogen) atoms. The van der Waals surface area contributed by atoms with Crippen LogP contribution in [0.5, 0.6) is 5.88 Å². The normalized spacial score (nSPS) is 13.7. The zero-order valence-corrected chi connectivity index (χ0v) is 24.7. The van der Waals surface area contributed by atoms with Gasteiger partial charge in [-0.3, -0.25) is 14.4 Å². The smallest absolute Gasteiger partial charge is 0.414 e. The molecule has 228 valence electrons. The van der Waals surface area contributed by atoms with Crippen molar-refractivity contribution in [1.29, 1.82) is 0 Å². The number of esters is 1. The predicted molar refractivity (Wildman–Crippen MR) is 153 cm³/mol. The van der Waals surface area contributed by atoms with Crippen molar-refractivity contribution < 1.29 is 37.1 Å². The maximum absolute atomic E-state index is 12.7. The van der Waals surface area contributed by atoms with Crippen LogP contribution in [0.3, 0.4) is 0 Å². The SMILES string of the molecule is CC(C)C(=O)OCCNC(=O)Oc1ccc(C(=O)NS(=O)(=O)c2ccc(CCNC(=O)CC3CCCCC3)cc2)cn1. The van der Waals surface area contributed by atoms with E-state index < -0.39 is 22.0 Å². The van der Waals surface area contributed by atoms with Crippen LogP contribution in [0.25, 0.3) is 0 Å². The molecule has 3 N–H and O–H groups in total. The minimum atomic E-state index is -4.16. The van der Waals surface area contributed by atoms with E-state index in [2.05, 4.69) is 15.6 Å². The monoisotopic (exact) mass is 602 g/mol. The fourth-order valence-corrected chi connectivity index (χ4v) is 5.30. The second-order valence-electron chi connectivity index (χ2n) is 10.4. The highest BCUT2D eigenvalue weighted by Gasteiger charge is 2.20. The van der Waals surface area contributed by atoms with E-state index in [1.165, 1.54) is 43.5 Å². The number of pyridine rings is 1. The lowest BCUT2D eigenvalue weighted by atomic mass is 9.87. The van der Waals surface area contributed by atoms with Crippen molar-refractivity contribution in [1.82, 2.24) is 20.3 Å². The van der Waals surface area contributed by atoms with Gasteiger partial charge >= 0.3 is 12.1 Å². The second-order valence-corrected chi connectivity index (χ2v) is 12.1. The fraction of sp³-hybridized carbons (Fsp3) is 0.483. The van der Waals surface area contributed by atoms with Gasteiger partial charge < -0.3 is 20.1 Å². The molecule has 0 unspecified atom stereocenters. The third kappa shape index (κ3) is 10.8. The van der Waals surface area contributed by atoms with Crippen LogP contribution in [0.1, 0.15) is 68.3 Å². The molecule has 3 rings (SSSR count). The van der Waals surface area contributed by atoms with Gasteiger partial charge in [0.1, 0.15) is 6.61 Å². The molecule has 1 fully saturated rings. The number of ether oxygens (including phenoxy) is 2. The number of amides is 3. The number of aromatic nitrogens is 1. The lowest BCUT2D eigenvalue weighted by molar-refractivity contribution is -0.147. The summed E-state index contributed by atoms with van der Waals surface area (Å²) in [5, 5.41) is 5.32. The quantitative estimate of drug-likeness (QED) is 0.230. The van der Waals surface area contributed by atoms with Gasteiger partial charge in [0, 0.05) is 25.2 Å². The fourth-order valence-electron chi connectivity index (χ4n) is 4.32. The van der Waals surface area contributed by atoms with Gasteiger partial charge in [-0.25, -0.2) is 22.9 Å². The van der Waals surface area contributed by atoms with Crippen LogP contribution >= 0.6 is 0 Å². The van der Waals surface area contributed by atoms with Gasteiger partial charge in [-0.15, -0.1) is 0 Å². The van der Waals surface area contributed by atoms with Crippen LogP contribution in [0.15, 0.2) is 47.5 Å². The number of hydrogen-bond donors (Lipinski definition) is 3. The summed E-state index contributed by atoms with van der Waals surface area (Å²) in [6.07, 6.45) is 7.17. The van der Waals surface area contributed by atoms with Gasteiger partial charge in [0.05, 0.1) is 22.9 Å². The van der Waals surface area contributed by atoms with Crippen molar-refractivity contribution in [3.63, 3.8) is 0 Å². The molecule has 0 atom stereocenters. The summed E-state index contributed by atoms with van der Waals surface area (Å²) in [7, 11) is -4.16. The number of nitrogens with one attached hydrogen (secondary N) is 3. The Labute approximate surface area is 246 Å². The molecule has 1 aromatic heterocycles. The Kier molecular flexibility index (Phi) is 12.3. The molecule has 1 aliphatic rings. The maximum Gasteiger partial charge on any atom is 0.414 e. The molecule has 0 spiro atoms. The molecule has 1 aromatic carbocycles. The number of carbonyl (C=O) groups is 4. The van der Waals surface area contributed by atoms with Crippen LogP contribution < -0.4 is 20.1 Å². The second kappa shape index (κ2) is 15.9. The Hall–Kier alpha value is -4.00. The molecule has 3 amide bonds. The Morgan fingerprint density at radius 1 is 0.952 bits per heavy atom. The first-order valence-electron chi connectivity index (χ1n) is 14.0. The highest BCUT2D eigenvalue weighted by molar-refractivity contribution is 7.90. The average molecular weight is 603 g/mol. The minimum absolute atomic E-state index is 0.0194. The van der Waals surface area contributed by atoms with E-state index in [-0.39, 0.29) is 47.3 Å². The highest BCUT2D eigenvalue weighted by atomic mass is 32.2. The van der Waals surface area contributed by atoms with Crippen LogP contribution in [0.4, 0.5) is 4.79 Å². The van der Waals surface area contributed by atoms with Crippen molar-refractivity contribution in [2.75, 3.05) is 19.7 Å². The molecule has 0 aliphatic heterocycles. The molecular formula is C29H38N4O8S. The Morgan fingerprint density at radius 3 is 2.31 bits per heavy atom. The maximum atomic E-state index is 12.7. The number of hydrogen-bond acceptors (Lipinski definition) is 9. The minimum Gasteiger partial charge on any atom is -0.464 e. The summed E-state index contributed by atoms with van der Waals surface area (Å²) >= 11 is 0. The molecule has 2 aromatic rings. The Bertz CT molecular complexity index is 1320. The first kappa shape index (κ1) is 32.5. The average Bonchev–Trinajstić information content (AvgIpc) is 2.96. The molecule has 1 heterocycles. The van der Waals surface area contributed by atoms with Crippen molar-refractivity contribution in [3.8, 4) is 5.88 Å². The third-order valence-corrected chi connectivity index (χ3v) is 8.03. The van der Waals surface area contributed by atoms with Gasteiger partial charge in [-0.2, -0.15) is 0 Å². The Balaban J connectivity index is 1.42. The molecule has 1 aliphatic carbocycles. The lowest BCUT2D eigenvalue weighted by Crippen LogP contribution is -2.31. The molecule has 0 bridgehead atoms. The highest BCUT2D eigenvalue weighted by Crippen LogP contribution is 2.26. The van der Waals surface area contributed by atoms with E-state index in [0.29, 0.717) is 25.3 Å². The zero-order chi connectivity index (χ0) is 30.5. The summed E-state index contributed by atoms with van der Waals surface area (Å²) in [6.45, 7) is 3.85. The standard InChI is InChI=1S/C29H38N4O8S/c1-20(2)28(36)40-17-16-31-29(37)41-26-13-10-23(19-32-26)27(35)33-42(38,39)24-11-8-21(9-12-24)14-15-30-25(34)18-22-6-4-3-5-7-22/h8-13,19-20,22H,3-7,14-18H2,1-2H3,(H,30,34)(H,31,37)(H,33,35). The van der Waals surface area contributed by atoms with Gasteiger partial charge in [0.15, 0.2) is 0 Å². The van der Waals surface area contributed by atoms with Gasteiger partial charge in [-0.05, 0) is 48.9 Å². The molecule has 0 radical (unpaired) electrons. The topological polar surface area (TPSA) is 170 Å². The number of rotatable bonds is 13. The van der Waals surface area contributed by atoms with Crippen molar-refractivity contribution in [2.24, 2.45) is 11.8 Å². The van der Waals surface area contributed by atoms with E-state index >= 15 is 0 Å². The van der Waals surface area contributed by atoms with E-state index in [4.69, 9.17) is 9.47 Å². The molecule has 0 saturated heterocycles. The molecule has 1 saturated carbocycles. The number of sulfonamides is 1. The van der Waals surface area contributed by atoms with E-state index in [0.717, 1.165) is 24.6 Å². The molecule has 12 nitrogen and oxygen atoms in total.